The summed E-state index contributed by atoms with van der Waals surface area (Å²) in [5.74, 6) is 0.966. The van der Waals surface area contributed by atoms with Crippen molar-refractivity contribution in [2.45, 2.75) is 6.54 Å². The van der Waals surface area contributed by atoms with Gasteiger partial charge < -0.3 is 14.2 Å². The Hall–Kier alpha value is -2.92. The fourth-order valence-corrected chi connectivity index (χ4v) is 3.66. The van der Waals surface area contributed by atoms with E-state index in [4.69, 9.17) is 14.7 Å². The second kappa shape index (κ2) is 6.42. The van der Waals surface area contributed by atoms with E-state index in [1.165, 1.54) is 5.56 Å². The second-order valence-electron chi connectivity index (χ2n) is 6.61. The highest BCUT2D eigenvalue weighted by Crippen LogP contribution is 2.31. The molecule has 0 bridgehead atoms. The van der Waals surface area contributed by atoms with Crippen LogP contribution in [0.1, 0.15) is 5.56 Å². The molecule has 5 heteroatoms. The molecular weight excluding hydrogens is 324 g/mol. The Morgan fingerprint density at radius 1 is 0.923 bits per heavy atom. The first-order valence-electron chi connectivity index (χ1n) is 9.00. The van der Waals surface area contributed by atoms with Crippen molar-refractivity contribution in [3.8, 4) is 0 Å². The first-order valence-corrected chi connectivity index (χ1v) is 9.00. The number of nitrogens with zero attached hydrogens (tertiary/aromatic N) is 4. The molecule has 5 nitrogen and oxygen atoms in total. The highest BCUT2D eigenvalue weighted by Gasteiger charge is 2.20. The van der Waals surface area contributed by atoms with Crippen LogP contribution >= 0.6 is 0 Å². The van der Waals surface area contributed by atoms with Crippen molar-refractivity contribution >= 4 is 27.8 Å². The Morgan fingerprint density at radius 3 is 2.54 bits per heavy atom. The molecule has 5 rings (SSSR count). The average molecular weight is 344 g/mol. The van der Waals surface area contributed by atoms with Crippen molar-refractivity contribution in [3.05, 3.63) is 66.5 Å². The molecule has 0 radical (unpaired) electrons. The summed E-state index contributed by atoms with van der Waals surface area (Å²) in [6.45, 7) is 3.98. The Bertz CT molecular complexity index is 1050. The summed E-state index contributed by atoms with van der Waals surface area (Å²) in [6.07, 6.45) is 1.94. The van der Waals surface area contributed by atoms with E-state index in [0.717, 1.165) is 60.6 Å². The molecule has 0 atom stereocenters. The van der Waals surface area contributed by atoms with Crippen LogP contribution in [0.4, 0.5) is 5.82 Å². The minimum atomic E-state index is 0.737. The predicted octanol–water partition coefficient (Wildman–Crippen LogP) is 3.47. The number of pyridine rings is 1. The zero-order valence-corrected chi connectivity index (χ0v) is 14.5. The fourth-order valence-electron chi connectivity index (χ4n) is 3.66. The van der Waals surface area contributed by atoms with Crippen LogP contribution in [-0.2, 0) is 11.3 Å². The summed E-state index contributed by atoms with van der Waals surface area (Å²) in [6, 6.07) is 18.8. The lowest BCUT2D eigenvalue weighted by molar-refractivity contribution is 0.122. The highest BCUT2D eigenvalue weighted by molar-refractivity contribution is 6.06. The van der Waals surface area contributed by atoms with E-state index in [1.54, 1.807) is 0 Å². The normalized spacial score (nSPS) is 15.0. The third-order valence-corrected chi connectivity index (χ3v) is 4.94. The van der Waals surface area contributed by atoms with Gasteiger partial charge in [-0.25, -0.2) is 9.97 Å². The van der Waals surface area contributed by atoms with E-state index < -0.39 is 0 Å². The summed E-state index contributed by atoms with van der Waals surface area (Å²) in [7, 11) is 0. The van der Waals surface area contributed by atoms with Crippen LogP contribution in [0.3, 0.4) is 0 Å². The van der Waals surface area contributed by atoms with Crippen LogP contribution < -0.4 is 4.90 Å². The third kappa shape index (κ3) is 2.61. The van der Waals surface area contributed by atoms with Crippen molar-refractivity contribution < 1.29 is 4.74 Å². The number of aromatic nitrogens is 3. The lowest BCUT2D eigenvalue weighted by atomic mass is 10.1. The molecule has 0 saturated carbocycles. The molecule has 4 aromatic rings. The predicted molar refractivity (Wildman–Crippen MR) is 104 cm³/mol. The summed E-state index contributed by atoms with van der Waals surface area (Å²) in [5, 5.41) is 1.15. The van der Waals surface area contributed by atoms with Gasteiger partial charge in [-0.3, -0.25) is 0 Å². The molecule has 26 heavy (non-hydrogen) atoms. The van der Waals surface area contributed by atoms with Crippen LogP contribution in [0.15, 0.2) is 60.9 Å². The van der Waals surface area contributed by atoms with Crippen LogP contribution in [0.5, 0.6) is 0 Å². The van der Waals surface area contributed by atoms with Crippen LogP contribution in [0.25, 0.3) is 21.9 Å². The van der Waals surface area contributed by atoms with Gasteiger partial charge in [0.2, 0.25) is 0 Å². The Kier molecular flexibility index (Phi) is 3.79. The fraction of sp³-hybridized carbons (Fsp3) is 0.238. The maximum Gasteiger partial charge on any atom is 0.157 e. The second-order valence-corrected chi connectivity index (χ2v) is 6.61. The lowest BCUT2D eigenvalue weighted by Gasteiger charge is -2.28. The molecule has 1 aliphatic heterocycles. The quantitative estimate of drug-likeness (QED) is 0.571. The number of rotatable bonds is 3. The molecule has 0 N–H and O–H groups in total. The van der Waals surface area contributed by atoms with Gasteiger partial charge in [-0.2, -0.15) is 0 Å². The monoisotopic (exact) mass is 344 g/mol. The molecule has 3 heterocycles. The molecule has 0 spiro atoms. The van der Waals surface area contributed by atoms with Crippen molar-refractivity contribution in [1.29, 1.82) is 0 Å². The summed E-state index contributed by atoms with van der Waals surface area (Å²) >= 11 is 0. The highest BCUT2D eigenvalue weighted by atomic mass is 16.5. The minimum absolute atomic E-state index is 0.737. The van der Waals surface area contributed by atoms with Gasteiger partial charge in [0.25, 0.3) is 0 Å². The van der Waals surface area contributed by atoms with Gasteiger partial charge in [0.05, 0.1) is 30.6 Å². The molecule has 2 aromatic carbocycles. The maximum atomic E-state index is 5.51. The molecule has 0 aliphatic carbocycles. The number of ether oxygens (including phenoxy) is 1. The van der Waals surface area contributed by atoms with E-state index in [-0.39, 0.29) is 0 Å². The van der Waals surface area contributed by atoms with Crippen molar-refractivity contribution in [2.75, 3.05) is 31.2 Å². The van der Waals surface area contributed by atoms with Gasteiger partial charge in [-0.15, -0.1) is 0 Å². The molecule has 0 amide bonds. The average Bonchev–Trinajstić information content (AvgIpc) is 3.13. The number of morpholine rings is 1. The van der Waals surface area contributed by atoms with Gasteiger partial charge in [0.1, 0.15) is 5.52 Å². The lowest BCUT2D eigenvalue weighted by Crippen LogP contribution is -2.36. The zero-order valence-electron chi connectivity index (χ0n) is 14.5. The van der Waals surface area contributed by atoms with E-state index in [9.17, 15) is 0 Å². The number of hydrogen-bond acceptors (Lipinski definition) is 4. The molecule has 130 valence electrons. The largest absolute Gasteiger partial charge is 0.378 e. The summed E-state index contributed by atoms with van der Waals surface area (Å²) in [5.41, 5.74) is 4.40. The van der Waals surface area contributed by atoms with E-state index in [2.05, 4.69) is 51.9 Å². The number of anilines is 1. The molecule has 2 aromatic heterocycles. The van der Waals surface area contributed by atoms with Crippen molar-refractivity contribution in [2.24, 2.45) is 0 Å². The topological polar surface area (TPSA) is 43.2 Å². The number of benzene rings is 2. The first-order chi connectivity index (χ1) is 12.9. The number of hydrogen-bond donors (Lipinski definition) is 0. The standard InChI is InChI=1S/C21H20N4O/c1-2-6-16(7-3-1)14-25-15-22-19-20(25)17-8-4-5-9-18(17)23-21(19)24-10-12-26-13-11-24/h1-9,15H,10-14H2. The van der Waals surface area contributed by atoms with Crippen molar-refractivity contribution in [1.82, 2.24) is 14.5 Å². The van der Waals surface area contributed by atoms with Gasteiger partial charge >= 0.3 is 0 Å². The van der Waals surface area contributed by atoms with Gasteiger partial charge in [0, 0.05) is 25.0 Å². The number of fused-ring (bicyclic) bond motifs is 3. The third-order valence-electron chi connectivity index (χ3n) is 4.94. The van der Waals surface area contributed by atoms with E-state index in [0.29, 0.717) is 0 Å². The van der Waals surface area contributed by atoms with Crippen LogP contribution in [-0.4, -0.2) is 40.8 Å². The number of imidazole rings is 1. The van der Waals surface area contributed by atoms with Crippen molar-refractivity contribution in [3.63, 3.8) is 0 Å². The minimum Gasteiger partial charge on any atom is -0.378 e. The Balaban J connectivity index is 1.71. The molecule has 1 fully saturated rings. The molecule has 1 saturated heterocycles. The summed E-state index contributed by atoms with van der Waals surface area (Å²) in [4.78, 5) is 12.0. The van der Waals surface area contributed by atoms with Crippen LogP contribution in [0.2, 0.25) is 0 Å². The first kappa shape index (κ1) is 15.3. The Morgan fingerprint density at radius 2 is 1.69 bits per heavy atom. The molecule has 1 aliphatic rings. The molecule has 0 unspecified atom stereocenters. The van der Waals surface area contributed by atoms with Gasteiger partial charge in [-0.05, 0) is 11.6 Å². The van der Waals surface area contributed by atoms with Crippen LogP contribution in [0, 0.1) is 0 Å². The zero-order chi connectivity index (χ0) is 17.3. The molecular formula is C21H20N4O. The van der Waals surface area contributed by atoms with Gasteiger partial charge in [0.15, 0.2) is 5.82 Å². The number of para-hydroxylation sites is 1. The van der Waals surface area contributed by atoms with E-state index in [1.807, 2.05) is 18.5 Å². The smallest absolute Gasteiger partial charge is 0.157 e. The summed E-state index contributed by atoms with van der Waals surface area (Å²) < 4.78 is 7.74. The maximum absolute atomic E-state index is 5.51. The van der Waals surface area contributed by atoms with E-state index >= 15 is 0 Å². The Labute approximate surface area is 151 Å². The van der Waals surface area contributed by atoms with Gasteiger partial charge in [-0.1, -0.05) is 48.5 Å². The SMILES string of the molecule is c1ccc(Cn2cnc3c(N4CCOCC4)nc4ccccc4c32)cc1.